The van der Waals surface area contributed by atoms with E-state index in [4.69, 9.17) is 0 Å². The van der Waals surface area contributed by atoms with Gasteiger partial charge in [0.1, 0.15) is 11.6 Å². The Morgan fingerprint density at radius 3 is 2.39 bits per heavy atom. The highest BCUT2D eigenvalue weighted by Gasteiger charge is 2.39. The second-order valence-corrected chi connectivity index (χ2v) is 7.74. The van der Waals surface area contributed by atoms with Gasteiger partial charge in [-0.1, -0.05) is 24.3 Å². The van der Waals surface area contributed by atoms with Crippen LogP contribution in [0.5, 0.6) is 5.75 Å². The first kappa shape index (κ1) is 18.9. The van der Waals surface area contributed by atoms with E-state index < -0.39 is 6.10 Å². The molecule has 3 atom stereocenters. The Bertz CT molecular complexity index is 825. The van der Waals surface area contributed by atoms with E-state index in [1.807, 2.05) is 17.0 Å². The zero-order valence-electron chi connectivity index (χ0n) is 15.7. The molecule has 28 heavy (non-hydrogen) atoms. The number of phenols is 1. The number of β-amino-alcohol motifs (C(OH)–C–C–N with tert-alkyl or cyclic N) is 1. The van der Waals surface area contributed by atoms with Crippen molar-refractivity contribution in [2.75, 3.05) is 19.6 Å². The van der Waals surface area contributed by atoms with E-state index in [-0.39, 0.29) is 29.4 Å². The summed E-state index contributed by atoms with van der Waals surface area (Å²) >= 11 is 0. The number of amides is 1. The molecule has 1 amide bonds. The summed E-state index contributed by atoms with van der Waals surface area (Å²) in [6.07, 6.45) is 0.974. The molecule has 0 radical (unpaired) electrons. The first-order valence-corrected chi connectivity index (χ1v) is 9.75. The summed E-state index contributed by atoms with van der Waals surface area (Å²) in [7, 11) is 0. The molecule has 0 aromatic heterocycles. The quantitative estimate of drug-likeness (QED) is 0.850. The van der Waals surface area contributed by atoms with Crippen molar-refractivity contribution in [2.24, 2.45) is 0 Å². The van der Waals surface area contributed by atoms with Gasteiger partial charge in [-0.3, -0.25) is 9.69 Å². The lowest BCUT2D eigenvalue weighted by molar-refractivity contribution is -0.133. The van der Waals surface area contributed by atoms with Gasteiger partial charge in [0.05, 0.1) is 12.1 Å². The average molecular weight is 384 g/mol. The third kappa shape index (κ3) is 3.88. The molecule has 0 saturated carbocycles. The molecule has 4 rings (SSSR count). The average Bonchev–Trinajstić information content (AvgIpc) is 3.05. The van der Waals surface area contributed by atoms with Crippen LogP contribution >= 0.6 is 0 Å². The minimum absolute atomic E-state index is 0.0173. The van der Waals surface area contributed by atoms with E-state index in [2.05, 4.69) is 4.90 Å². The number of aliphatic hydroxyl groups excluding tert-OH is 1. The van der Waals surface area contributed by atoms with Crippen LogP contribution in [0.1, 0.15) is 29.9 Å². The molecule has 2 aliphatic rings. The Morgan fingerprint density at radius 2 is 1.71 bits per heavy atom. The number of aliphatic hydroxyl groups is 1. The second kappa shape index (κ2) is 7.89. The Morgan fingerprint density at radius 1 is 1.00 bits per heavy atom. The van der Waals surface area contributed by atoms with Gasteiger partial charge in [0.15, 0.2) is 0 Å². The lowest BCUT2D eigenvalue weighted by atomic mass is 9.86. The maximum atomic E-state index is 13.1. The number of aromatic hydroxyl groups is 1. The predicted molar refractivity (Wildman–Crippen MR) is 103 cm³/mol. The highest BCUT2D eigenvalue weighted by Crippen LogP contribution is 2.32. The second-order valence-electron chi connectivity index (χ2n) is 7.74. The molecule has 2 aliphatic heterocycles. The molecule has 2 saturated heterocycles. The van der Waals surface area contributed by atoms with Crippen LogP contribution in [0.2, 0.25) is 0 Å². The molecule has 2 N–H and O–H groups in total. The SMILES string of the molecule is O=C1C(N2CCC(c3ccc(O)cc3)[C@H](O)C2)CCN1Cc1ccc(F)cc1. The highest BCUT2D eigenvalue weighted by atomic mass is 19.1. The van der Waals surface area contributed by atoms with Crippen molar-refractivity contribution in [1.29, 1.82) is 0 Å². The number of rotatable bonds is 4. The number of hydrogen-bond donors (Lipinski definition) is 2. The molecule has 2 fully saturated rings. The fourth-order valence-corrected chi connectivity index (χ4v) is 4.38. The normalized spacial score (nSPS) is 26.0. The molecule has 0 aliphatic carbocycles. The lowest BCUT2D eigenvalue weighted by Crippen LogP contribution is -2.50. The Hall–Kier alpha value is -2.44. The van der Waals surface area contributed by atoms with Crippen LogP contribution in [0, 0.1) is 5.82 Å². The molecule has 2 aromatic rings. The fourth-order valence-electron chi connectivity index (χ4n) is 4.38. The predicted octanol–water partition coefficient (Wildman–Crippen LogP) is 2.48. The standard InChI is InChI=1S/C22H25FN2O3/c23-17-5-1-15(2-6-17)13-25-12-10-20(22(25)28)24-11-9-19(21(27)14-24)16-3-7-18(26)8-4-16/h1-8,19-21,26-27H,9-14H2/t19?,20?,21-/m1/s1. The van der Waals surface area contributed by atoms with E-state index in [1.54, 1.807) is 24.3 Å². The van der Waals surface area contributed by atoms with Crippen LogP contribution in [0.4, 0.5) is 4.39 Å². The largest absolute Gasteiger partial charge is 0.508 e. The van der Waals surface area contributed by atoms with Crippen LogP contribution in [-0.4, -0.2) is 57.7 Å². The Labute approximate surface area is 164 Å². The molecular formula is C22H25FN2O3. The van der Waals surface area contributed by atoms with Crippen molar-refractivity contribution in [3.8, 4) is 5.75 Å². The van der Waals surface area contributed by atoms with E-state index >= 15 is 0 Å². The fraction of sp³-hybridized carbons (Fsp3) is 0.409. The van der Waals surface area contributed by atoms with Crippen LogP contribution in [0.3, 0.4) is 0 Å². The van der Waals surface area contributed by atoms with Crippen LogP contribution in [0.25, 0.3) is 0 Å². The topological polar surface area (TPSA) is 64.0 Å². The van der Waals surface area contributed by atoms with Crippen molar-refractivity contribution in [1.82, 2.24) is 9.80 Å². The van der Waals surface area contributed by atoms with E-state index in [0.717, 1.165) is 30.5 Å². The summed E-state index contributed by atoms with van der Waals surface area (Å²) in [5.41, 5.74) is 1.93. The number of halogens is 1. The van der Waals surface area contributed by atoms with Crippen molar-refractivity contribution in [2.45, 2.75) is 37.5 Å². The molecule has 2 aromatic carbocycles. The molecule has 2 unspecified atom stereocenters. The van der Waals surface area contributed by atoms with Gasteiger partial charge < -0.3 is 15.1 Å². The number of nitrogens with zero attached hydrogens (tertiary/aromatic N) is 2. The number of hydrogen-bond acceptors (Lipinski definition) is 4. The summed E-state index contributed by atoms with van der Waals surface area (Å²) in [6, 6.07) is 13.0. The van der Waals surface area contributed by atoms with Gasteiger partial charge in [0, 0.05) is 25.6 Å². The molecule has 6 heteroatoms. The minimum Gasteiger partial charge on any atom is -0.508 e. The van der Waals surface area contributed by atoms with Crippen molar-refractivity contribution in [3.63, 3.8) is 0 Å². The van der Waals surface area contributed by atoms with Gasteiger partial charge in [-0.25, -0.2) is 4.39 Å². The third-order valence-corrected chi connectivity index (χ3v) is 5.93. The zero-order chi connectivity index (χ0) is 19.7. The summed E-state index contributed by atoms with van der Waals surface area (Å²) in [5.74, 6) is 0.0385. The molecule has 0 bridgehead atoms. The Balaban J connectivity index is 1.37. The van der Waals surface area contributed by atoms with Gasteiger partial charge in [-0.15, -0.1) is 0 Å². The van der Waals surface area contributed by atoms with Gasteiger partial charge in [-0.05, 0) is 54.8 Å². The molecule has 148 valence electrons. The zero-order valence-corrected chi connectivity index (χ0v) is 15.7. The van der Waals surface area contributed by atoms with Crippen LogP contribution < -0.4 is 0 Å². The number of likely N-dealkylation sites (tertiary alicyclic amines) is 2. The number of carbonyl (C=O) groups excluding carboxylic acids is 1. The van der Waals surface area contributed by atoms with Gasteiger partial charge in [0.25, 0.3) is 0 Å². The monoisotopic (exact) mass is 384 g/mol. The van der Waals surface area contributed by atoms with E-state index in [1.165, 1.54) is 12.1 Å². The maximum Gasteiger partial charge on any atom is 0.240 e. The van der Waals surface area contributed by atoms with Crippen molar-refractivity contribution < 1.29 is 19.4 Å². The number of piperidine rings is 1. The maximum absolute atomic E-state index is 13.1. The van der Waals surface area contributed by atoms with Gasteiger partial charge in [0.2, 0.25) is 5.91 Å². The van der Waals surface area contributed by atoms with Crippen molar-refractivity contribution >= 4 is 5.91 Å². The van der Waals surface area contributed by atoms with Crippen LogP contribution in [0.15, 0.2) is 48.5 Å². The van der Waals surface area contributed by atoms with E-state index in [0.29, 0.717) is 19.6 Å². The molecular weight excluding hydrogens is 359 g/mol. The summed E-state index contributed by atoms with van der Waals surface area (Å²) < 4.78 is 13.1. The number of carbonyl (C=O) groups is 1. The summed E-state index contributed by atoms with van der Waals surface area (Å²) in [5, 5.41) is 20.1. The first-order valence-electron chi connectivity index (χ1n) is 9.75. The molecule has 5 nitrogen and oxygen atoms in total. The Kier molecular flexibility index (Phi) is 5.33. The minimum atomic E-state index is -0.544. The molecule has 2 heterocycles. The third-order valence-electron chi connectivity index (χ3n) is 5.93. The number of benzene rings is 2. The lowest BCUT2D eigenvalue weighted by Gasteiger charge is -2.38. The molecule has 0 spiro atoms. The number of phenolic OH excluding ortho intramolecular Hbond substituents is 1. The summed E-state index contributed by atoms with van der Waals surface area (Å²) in [6.45, 7) is 2.38. The first-order chi connectivity index (χ1) is 13.5. The van der Waals surface area contributed by atoms with Gasteiger partial charge in [-0.2, -0.15) is 0 Å². The highest BCUT2D eigenvalue weighted by molar-refractivity contribution is 5.84. The summed E-state index contributed by atoms with van der Waals surface area (Å²) in [4.78, 5) is 16.8. The smallest absolute Gasteiger partial charge is 0.240 e. The van der Waals surface area contributed by atoms with Crippen LogP contribution in [-0.2, 0) is 11.3 Å². The van der Waals surface area contributed by atoms with E-state index in [9.17, 15) is 19.4 Å². The van der Waals surface area contributed by atoms with Gasteiger partial charge >= 0.3 is 0 Å². The van der Waals surface area contributed by atoms with Crippen molar-refractivity contribution in [3.05, 3.63) is 65.5 Å².